The molecular weight excluding hydrogens is 193 g/mol. The first-order chi connectivity index (χ1) is 7.00. The Kier molecular flexibility index (Phi) is 3.86. The molecule has 2 N–H and O–H groups in total. The van der Waals surface area contributed by atoms with Gasteiger partial charge in [0.25, 0.3) is 0 Å². The number of ether oxygens (including phenoxy) is 1. The van der Waals surface area contributed by atoms with Gasteiger partial charge in [0.15, 0.2) is 0 Å². The van der Waals surface area contributed by atoms with Crippen LogP contribution < -0.4 is 10.5 Å². The molecule has 0 radical (unpaired) electrons. The van der Waals surface area contributed by atoms with Gasteiger partial charge in [-0.1, -0.05) is 12.6 Å². The van der Waals surface area contributed by atoms with Crippen molar-refractivity contribution in [2.75, 3.05) is 6.61 Å². The van der Waals surface area contributed by atoms with Crippen molar-refractivity contribution in [3.63, 3.8) is 0 Å². The largest absolute Gasteiger partial charge is 0.489 e. The van der Waals surface area contributed by atoms with Gasteiger partial charge in [0.05, 0.1) is 0 Å². The molecule has 0 aliphatic carbocycles. The van der Waals surface area contributed by atoms with Gasteiger partial charge in [0, 0.05) is 17.7 Å². The molecule has 0 amide bonds. The maximum atomic E-state index is 13.4. The summed E-state index contributed by atoms with van der Waals surface area (Å²) in [5, 5.41) is 0. The van der Waals surface area contributed by atoms with Crippen molar-refractivity contribution in [3.8, 4) is 5.75 Å². The second kappa shape index (κ2) is 4.94. The van der Waals surface area contributed by atoms with Crippen LogP contribution in [0.5, 0.6) is 5.75 Å². The van der Waals surface area contributed by atoms with Crippen LogP contribution in [0.2, 0.25) is 0 Å². The molecule has 0 aliphatic rings. The number of rotatable bonds is 4. The van der Waals surface area contributed by atoms with Gasteiger partial charge >= 0.3 is 0 Å². The van der Waals surface area contributed by atoms with Crippen molar-refractivity contribution < 1.29 is 9.13 Å². The van der Waals surface area contributed by atoms with Crippen molar-refractivity contribution in [2.24, 2.45) is 5.73 Å². The van der Waals surface area contributed by atoms with Gasteiger partial charge in [0.2, 0.25) is 0 Å². The molecule has 1 atom stereocenters. The van der Waals surface area contributed by atoms with E-state index in [1.807, 2.05) is 6.92 Å². The Morgan fingerprint density at radius 2 is 2.27 bits per heavy atom. The lowest BCUT2D eigenvalue weighted by molar-refractivity contribution is 0.350. The summed E-state index contributed by atoms with van der Waals surface area (Å²) in [7, 11) is 0. The molecule has 0 fully saturated rings. The second-order valence-corrected chi connectivity index (χ2v) is 3.72. The van der Waals surface area contributed by atoms with E-state index in [0.717, 1.165) is 5.57 Å². The predicted molar refractivity (Wildman–Crippen MR) is 59.3 cm³/mol. The lowest BCUT2D eigenvalue weighted by atomic mass is 10.1. The molecule has 0 bridgehead atoms. The molecule has 0 aliphatic heterocycles. The van der Waals surface area contributed by atoms with Crippen LogP contribution in [0.25, 0.3) is 0 Å². The zero-order valence-corrected chi connectivity index (χ0v) is 9.09. The lowest BCUT2D eigenvalue weighted by Crippen LogP contribution is -2.07. The number of nitrogens with two attached hydrogens (primary N) is 1. The molecule has 82 valence electrons. The molecule has 0 saturated carbocycles. The molecule has 0 heterocycles. The zero-order chi connectivity index (χ0) is 11.4. The third kappa shape index (κ3) is 3.36. The van der Waals surface area contributed by atoms with E-state index in [4.69, 9.17) is 10.5 Å². The number of hydrogen-bond acceptors (Lipinski definition) is 2. The van der Waals surface area contributed by atoms with Gasteiger partial charge in [-0.05, 0) is 25.5 Å². The van der Waals surface area contributed by atoms with Crippen molar-refractivity contribution in [2.45, 2.75) is 19.9 Å². The van der Waals surface area contributed by atoms with Crippen LogP contribution in [0.3, 0.4) is 0 Å². The number of halogens is 1. The summed E-state index contributed by atoms with van der Waals surface area (Å²) in [4.78, 5) is 0. The Labute approximate surface area is 89.6 Å². The van der Waals surface area contributed by atoms with E-state index >= 15 is 0 Å². The molecule has 0 aromatic heterocycles. The molecule has 1 unspecified atom stereocenters. The maximum Gasteiger partial charge on any atom is 0.131 e. The van der Waals surface area contributed by atoms with Gasteiger partial charge in [-0.25, -0.2) is 4.39 Å². The van der Waals surface area contributed by atoms with Crippen LogP contribution >= 0.6 is 0 Å². The summed E-state index contributed by atoms with van der Waals surface area (Å²) in [6.45, 7) is 7.70. The minimum absolute atomic E-state index is 0.305. The van der Waals surface area contributed by atoms with Crippen LogP contribution in [0.4, 0.5) is 4.39 Å². The first kappa shape index (κ1) is 11.7. The third-order valence-electron chi connectivity index (χ3n) is 1.95. The smallest absolute Gasteiger partial charge is 0.131 e. The molecule has 1 aromatic rings. The van der Waals surface area contributed by atoms with Crippen LogP contribution in [-0.4, -0.2) is 6.61 Å². The van der Waals surface area contributed by atoms with Crippen LogP contribution in [0.15, 0.2) is 30.4 Å². The zero-order valence-electron chi connectivity index (χ0n) is 9.09. The number of hydrogen-bond donors (Lipinski definition) is 1. The molecule has 1 aromatic carbocycles. The molecule has 15 heavy (non-hydrogen) atoms. The first-order valence-electron chi connectivity index (χ1n) is 4.83. The molecule has 0 spiro atoms. The van der Waals surface area contributed by atoms with Gasteiger partial charge in [-0.15, -0.1) is 0 Å². The monoisotopic (exact) mass is 209 g/mol. The summed E-state index contributed by atoms with van der Waals surface area (Å²) < 4.78 is 18.7. The SMILES string of the molecule is C=C(C)COc1ccc(C(C)N)c(F)c1. The quantitative estimate of drug-likeness (QED) is 0.774. The van der Waals surface area contributed by atoms with E-state index in [-0.39, 0.29) is 11.9 Å². The molecule has 0 saturated heterocycles. The van der Waals surface area contributed by atoms with Gasteiger partial charge < -0.3 is 10.5 Å². The Morgan fingerprint density at radius 3 is 2.73 bits per heavy atom. The van der Waals surface area contributed by atoms with Gasteiger partial charge in [0.1, 0.15) is 18.2 Å². The lowest BCUT2D eigenvalue weighted by Gasteiger charge is -2.10. The summed E-state index contributed by atoms with van der Waals surface area (Å²) in [6.07, 6.45) is 0. The van der Waals surface area contributed by atoms with Crippen molar-refractivity contribution in [1.29, 1.82) is 0 Å². The van der Waals surface area contributed by atoms with Gasteiger partial charge in [-0.3, -0.25) is 0 Å². The highest BCUT2D eigenvalue weighted by Gasteiger charge is 2.07. The van der Waals surface area contributed by atoms with Crippen molar-refractivity contribution in [3.05, 3.63) is 41.7 Å². The number of benzene rings is 1. The highest BCUT2D eigenvalue weighted by Crippen LogP contribution is 2.20. The van der Waals surface area contributed by atoms with Crippen molar-refractivity contribution >= 4 is 0 Å². The molecule has 3 heteroatoms. The summed E-state index contributed by atoms with van der Waals surface area (Å²) in [5.74, 6) is 0.170. The Hall–Kier alpha value is -1.35. The fourth-order valence-corrected chi connectivity index (χ4v) is 1.17. The average Bonchev–Trinajstić information content (AvgIpc) is 2.14. The summed E-state index contributed by atoms with van der Waals surface area (Å²) in [5.41, 5.74) is 6.98. The fraction of sp³-hybridized carbons (Fsp3) is 0.333. The molecular formula is C12H16FNO. The van der Waals surface area contributed by atoms with Crippen molar-refractivity contribution in [1.82, 2.24) is 0 Å². The Balaban J connectivity index is 2.77. The van der Waals surface area contributed by atoms with E-state index in [2.05, 4.69) is 6.58 Å². The maximum absolute atomic E-state index is 13.4. The van der Waals surface area contributed by atoms with Crippen LogP contribution in [0, 0.1) is 5.82 Å². The summed E-state index contributed by atoms with van der Waals surface area (Å²) >= 11 is 0. The fourth-order valence-electron chi connectivity index (χ4n) is 1.17. The first-order valence-corrected chi connectivity index (χ1v) is 4.83. The molecule has 2 nitrogen and oxygen atoms in total. The minimum Gasteiger partial charge on any atom is -0.489 e. The third-order valence-corrected chi connectivity index (χ3v) is 1.95. The average molecular weight is 209 g/mol. The highest BCUT2D eigenvalue weighted by molar-refractivity contribution is 5.30. The Bertz CT molecular complexity index is 361. The topological polar surface area (TPSA) is 35.2 Å². The van der Waals surface area contributed by atoms with Crippen LogP contribution in [-0.2, 0) is 0 Å². The predicted octanol–water partition coefficient (Wildman–Crippen LogP) is 2.80. The second-order valence-electron chi connectivity index (χ2n) is 3.72. The normalized spacial score (nSPS) is 12.3. The summed E-state index contributed by atoms with van der Waals surface area (Å²) in [6, 6.07) is 4.40. The van der Waals surface area contributed by atoms with Gasteiger partial charge in [-0.2, -0.15) is 0 Å². The van der Waals surface area contributed by atoms with Crippen LogP contribution in [0.1, 0.15) is 25.5 Å². The highest BCUT2D eigenvalue weighted by atomic mass is 19.1. The minimum atomic E-state index is -0.329. The van der Waals surface area contributed by atoms with E-state index < -0.39 is 0 Å². The van der Waals surface area contributed by atoms with E-state index in [9.17, 15) is 4.39 Å². The van der Waals surface area contributed by atoms with E-state index in [1.165, 1.54) is 6.07 Å². The van der Waals surface area contributed by atoms with E-state index in [0.29, 0.717) is 17.9 Å². The standard InChI is InChI=1S/C12H16FNO/c1-8(2)7-15-10-4-5-11(9(3)14)12(13)6-10/h4-6,9H,1,7,14H2,2-3H3. The molecule has 1 rings (SSSR count). The van der Waals surface area contributed by atoms with E-state index in [1.54, 1.807) is 19.1 Å². The Morgan fingerprint density at radius 1 is 1.60 bits per heavy atom.